The molecule has 0 aromatic heterocycles. The maximum absolute atomic E-state index is 10.7. The Kier molecular flexibility index (Phi) is 11.8. The normalized spacial score (nSPS) is 11.6. The zero-order valence-electron chi connectivity index (χ0n) is 15.5. The largest absolute Gasteiger partial charge is 0.325 e. The van der Waals surface area contributed by atoms with Crippen LogP contribution in [0.2, 0.25) is 0 Å². The predicted molar refractivity (Wildman–Crippen MR) is 108 cm³/mol. The summed E-state index contributed by atoms with van der Waals surface area (Å²) in [7, 11) is -3.77. The Balaban J connectivity index is 1.84. The van der Waals surface area contributed by atoms with Gasteiger partial charge >= 0.3 is 7.60 Å². The average Bonchev–Trinajstić information content (AvgIpc) is 2.58. The monoisotopic (exact) mass is 366 g/mol. The summed E-state index contributed by atoms with van der Waals surface area (Å²) in [6.45, 7) is 3.78. The van der Waals surface area contributed by atoms with Crippen LogP contribution < -0.4 is 0 Å². The number of hydrogen-bond acceptors (Lipinski definition) is 1. The number of aryl methyl sites for hydroxylation is 1. The first-order valence-electron chi connectivity index (χ1n) is 9.77. The summed E-state index contributed by atoms with van der Waals surface area (Å²) in [5.74, 6) is 0. The van der Waals surface area contributed by atoms with E-state index in [1.165, 1.54) is 68.9 Å². The minimum absolute atomic E-state index is 0.0470. The van der Waals surface area contributed by atoms with Gasteiger partial charge in [0.05, 0.1) is 0 Å². The van der Waals surface area contributed by atoms with Crippen molar-refractivity contribution in [1.82, 2.24) is 0 Å². The molecule has 1 aromatic rings. The van der Waals surface area contributed by atoms with Crippen molar-refractivity contribution in [3.63, 3.8) is 0 Å². The van der Waals surface area contributed by atoms with Gasteiger partial charge in [0.2, 0.25) is 0 Å². The van der Waals surface area contributed by atoms with Crippen molar-refractivity contribution in [3.8, 4) is 0 Å². The van der Waals surface area contributed by atoms with Crippen molar-refractivity contribution in [2.24, 2.45) is 0 Å². The van der Waals surface area contributed by atoms with E-state index in [4.69, 9.17) is 9.79 Å². The molecule has 4 heteroatoms. The van der Waals surface area contributed by atoms with Crippen molar-refractivity contribution < 1.29 is 14.4 Å². The van der Waals surface area contributed by atoms with Crippen LogP contribution in [0.1, 0.15) is 81.8 Å². The van der Waals surface area contributed by atoms with Gasteiger partial charge in [-0.1, -0.05) is 94.7 Å². The molecule has 2 N–H and O–H groups in total. The van der Waals surface area contributed by atoms with E-state index in [0.29, 0.717) is 6.42 Å². The third-order valence-corrected chi connectivity index (χ3v) is 5.53. The molecular formula is C21H35O3P. The lowest BCUT2D eigenvalue weighted by molar-refractivity contribution is 0.370. The summed E-state index contributed by atoms with van der Waals surface area (Å²) in [6.07, 6.45) is 16.1. The van der Waals surface area contributed by atoms with Gasteiger partial charge in [0.1, 0.15) is 0 Å². The first kappa shape index (κ1) is 22.2. The van der Waals surface area contributed by atoms with E-state index in [0.717, 1.165) is 12.8 Å². The number of rotatable bonds is 15. The molecule has 0 aliphatic heterocycles. The van der Waals surface area contributed by atoms with E-state index in [2.05, 4.69) is 30.8 Å². The van der Waals surface area contributed by atoms with Crippen LogP contribution in [0.25, 0.3) is 6.08 Å². The Hall–Kier alpha value is -0.890. The standard InChI is InChI=1S/C21H35O3P/c1-2-20-15-17-21(18-16-20)14-12-10-8-6-4-3-5-7-9-11-13-19-25(22,23)24/h2,15-18H,1,3-14,19H2,(H2,22,23,24). The highest BCUT2D eigenvalue weighted by Gasteiger charge is 2.10. The molecular weight excluding hydrogens is 331 g/mol. The lowest BCUT2D eigenvalue weighted by Crippen LogP contribution is -1.88. The maximum Gasteiger partial charge on any atom is 0.325 e. The maximum atomic E-state index is 10.7. The fraction of sp³-hybridized carbons (Fsp3) is 0.619. The first-order valence-corrected chi connectivity index (χ1v) is 11.6. The Morgan fingerprint density at radius 2 is 1.20 bits per heavy atom. The number of benzene rings is 1. The van der Waals surface area contributed by atoms with Gasteiger partial charge in [0.15, 0.2) is 0 Å². The Bertz CT molecular complexity index is 504. The van der Waals surface area contributed by atoms with Crippen LogP contribution >= 0.6 is 7.60 Å². The van der Waals surface area contributed by atoms with E-state index in [9.17, 15) is 4.57 Å². The minimum Gasteiger partial charge on any atom is -0.324 e. The predicted octanol–water partition coefficient (Wildman–Crippen LogP) is 6.34. The summed E-state index contributed by atoms with van der Waals surface area (Å²) in [6, 6.07) is 8.68. The highest BCUT2D eigenvalue weighted by molar-refractivity contribution is 7.51. The molecule has 0 radical (unpaired) electrons. The fourth-order valence-electron chi connectivity index (χ4n) is 3.06. The van der Waals surface area contributed by atoms with Crippen molar-refractivity contribution in [1.29, 1.82) is 0 Å². The van der Waals surface area contributed by atoms with E-state index < -0.39 is 7.60 Å². The third kappa shape index (κ3) is 13.0. The second kappa shape index (κ2) is 13.3. The Morgan fingerprint density at radius 1 is 0.760 bits per heavy atom. The molecule has 3 nitrogen and oxygen atoms in total. The molecule has 0 aliphatic rings. The number of unbranched alkanes of at least 4 members (excludes halogenated alkanes) is 10. The summed E-state index contributed by atoms with van der Waals surface area (Å²) < 4.78 is 10.7. The van der Waals surface area contributed by atoms with E-state index >= 15 is 0 Å². The quantitative estimate of drug-likeness (QED) is 0.281. The van der Waals surface area contributed by atoms with Crippen molar-refractivity contribution in [2.45, 2.75) is 77.0 Å². The smallest absolute Gasteiger partial charge is 0.324 e. The molecule has 0 unspecified atom stereocenters. The van der Waals surface area contributed by atoms with Crippen molar-refractivity contribution in [3.05, 3.63) is 42.0 Å². The topological polar surface area (TPSA) is 57.5 Å². The minimum atomic E-state index is -3.77. The van der Waals surface area contributed by atoms with Crippen LogP contribution in [-0.4, -0.2) is 15.9 Å². The summed E-state index contributed by atoms with van der Waals surface area (Å²) in [4.78, 5) is 17.5. The lowest BCUT2D eigenvalue weighted by Gasteiger charge is -2.05. The lowest BCUT2D eigenvalue weighted by atomic mass is 10.0. The Labute approximate surface area is 153 Å². The molecule has 142 valence electrons. The molecule has 1 aromatic carbocycles. The van der Waals surface area contributed by atoms with Crippen LogP contribution in [0.3, 0.4) is 0 Å². The van der Waals surface area contributed by atoms with Gasteiger partial charge in [-0.25, -0.2) is 0 Å². The molecule has 0 aliphatic carbocycles. The Morgan fingerprint density at radius 3 is 1.64 bits per heavy atom. The van der Waals surface area contributed by atoms with Crippen LogP contribution in [0, 0.1) is 0 Å². The SMILES string of the molecule is C=Cc1ccc(CCCCCCCCCCCCCP(=O)(O)O)cc1. The average molecular weight is 366 g/mol. The van der Waals surface area contributed by atoms with Gasteiger partial charge in [-0.2, -0.15) is 0 Å². The van der Waals surface area contributed by atoms with Gasteiger partial charge in [-0.15, -0.1) is 0 Å². The van der Waals surface area contributed by atoms with Gasteiger partial charge in [0, 0.05) is 6.16 Å². The molecule has 25 heavy (non-hydrogen) atoms. The van der Waals surface area contributed by atoms with Crippen molar-refractivity contribution in [2.75, 3.05) is 6.16 Å². The van der Waals surface area contributed by atoms with E-state index in [1.54, 1.807) is 0 Å². The van der Waals surface area contributed by atoms with E-state index in [-0.39, 0.29) is 6.16 Å². The molecule has 0 saturated heterocycles. The molecule has 1 rings (SSSR count). The molecule has 0 bridgehead atoms. The van der Waals surface area contributed by atoms with Crippen LogP contribution in [0.5, 0.6) is 0 Å². The number of hydrogen-bond donors (Lipinski definition) is 2. The summed E-state index contributed by atoms with van der Waals surface area (Å²) in [5, 5.41) is 0. The molecule has 0 atom stereocenters. The first-order chi connectivity index (χ1) is 12.0. The van der Waals surface area contributed by atoms with Gasteiger partial charge in [-0.3, -0.25) is 4.57 Å². The van der Waals surface area contributed by atoms with Crippen LogP contribution in [-0.2, 0) is 11.0 Å². The van der Waals surface area contributed by atoms with Crippen LogP contribution in [0.15, 0.2) is 30.8 Å². The fourth-order valence-corrected chi connectivity index (χ4v) is 3.69. The summed E-state index contributed by atoms with van der Waals surface area (Å²) >= 11 is 0. The zero-order chi connectivity index (χ0) is 18.4. The molecule has 0 spiro atoms. The second-order valence-corrected chi connectivity index (χ2v) is 8.75. The molecule has 0 heterocycles. The van der Waals surface area contributed by atoms with Crippen molar-refractivity contribution >= 4 is 13.7 Å². The molecule has 0 saturated carbocycles. The molecule has 0 fully saturated rings. The molecule has 0 amide bonds. The highest BCUT2D eigenvalue weighted by Crippen LogP contribution is 2.35. The van der Waals surface area contributed by atoms with Gasteiger partial charge < -0.3 is 9.79 Å². The van der Waals surface area contributed by atoms with Gasteiger partial charge in [0.25, 0.3) is 0 Å². The van der Waals surface area contributed by atoms with Gasteiger partial charge in [-0.05, 0) is 30.4 Å². The summed E-state index contributed by atoms with van der Waals surface area (Å²) in [5.41, 5.74) is 2.61. The third-order valence-electron chi connectivity index (χ3n) is 4.63. The zero-order valence-corrected chi connectivity index (χ0v) is 16.4. The highest BCUT2D eigenvalue weighted by atomic mass is 31.2. The second-order valence-electron chi connectivity index (χ2n) is 6.97. The van der Waals surface area contributed by atoms with Crippen LogP contribution in [0.4, 0.5) is 0 Å². The van der Waals surface area contributed by atoms with E-state index in [1.807, 2.05) is 6.08 Å².